The fraction of sp³-hybridized carbons (Fsp3) is 0.733. The Balaban J connectivity index is 2.26. The molecule has 1 aliphatic carbocycles. The Morgan fingerprint density at radius 1 is 1.37 bits per heavy atom. The van der Waals surface area contributed by atoms with Crippen molar-refractivity contribution in [1.29, 1.82) is 5.26 Å². The fourth-order valence-corrected chi connectivity index (χ4v) is 3.59. The molecule has 0 amide bonds. The highest BCUT2D eigenvalue weighted by Gasteiger charge is 2.41. The lowest BCUT2D eigenvalue weighted by Crippen LogP contribution is -2.30. The van der Waals surface area contributed by atoms with Crippen molar-refractivity contribution >= 4 is 11.3 Å². The molecule has 104 valence electrons. The summed E-state index contributed by atoms with van der Waals surface area (Å²) < 4.78 is 0. The van der Waals surface area contributed by atoms with E-state index in [2.05, 4.69) is 31.8 Å². The van der Waals surface area contributed by atoms with E-state index in [9.17, 15) is 10.4 Å². The third-order valence-corrected chi connectivity index (χ3v) is 5.22. The molecule has 2 rings (SSSR count). The number of nitriles is 1. The maximum absolute atomic E-state index is 10.6. The Kier molecular flexibility index (Phi) is 3.98. The summed E-state index contributed by atoms with van der Waals surface area (Å²) in [5.74, 6) is 0. The molecule has 1 aromatic heterocycles. The van der Waals surface area contributed by atoms with Gasteiger partial charge in [0.25, 0.3) is 0 Å². The molecule has 0 saturated heterocycles. The quantitative estimate of drug-likeness (QED) is 0.891. The van der Waals surface area contributed by atoms with Crippen LogP contribution in [0.3, 0.4) is 0 Å². The van der Waals surface area contributed by atoms with E-state index in [0.29, 0.717) is 5.69 Å². The zero-order valence-electron chi connectivity index (χ0n) is 11.9. The number of nitrogens with zero attached hydrogens (tertiary/aromatic N) is 2. The minimum absolute atomic E-state index is 0.00495. The van der Waals surface area contributed by atoms with Crippen molar-refractivity contribution in [2.24, 2.45) is 5.41 Å². The first-order valence-corrected chi connectivity index (χ1v) is 7.82. The Bertz CT molecular complexity index is 475. The van der Waals surface area contributed by atoms with Crippen LogP contribution < -0.4 is 0 Å². The van der Waals surface area contributed by atoms with E-state index >= 15 is 0 Å². The highest BCUT2D eigenvalue weighted by molar-refractivity contribution is 7.09. The van der Waals surface area contributed by atoms with Gasteiger partial charge in [-0.25, -0.2) is 4.98 Å². The van der Waals surface area contributed by atoms with Gasteiger partial charge in [-0.1, -0.05) is 40.0 Å². The zero-order valence-corrected chi connectivity index (χ0v) is 12.8. The molecule has 1 aromatic rings. The summed E-state index contributed by atoms with van der Waals surface area (Å²) in [6, 6.07) is 2.38. The van der Waals surface area contributed by atoms with Crippen molar-refractivity contribution in [2.45, 2.75) is 64.4 Å². The number of aliphatic hydroxyl groups is 1. The largest absolute Gasteiger partial charge is 0.385 e. The first kappa shape index (κ1) is 14.5. The van der Waals surface area contributed by atoms with Crippen molar-refractivity contribution in [3.8, 4) is 6.07 Å². The molecule has 1 fully saturated rings. The van der Waals surface area contributed by atoms with Crippen LogP contribution in [0.25, 0.3) is 0 Å². The summed E-state index contributed by atoms with van der Waals surface area (Å²) in [4.78, 5) is 4.57. The van der Waals surface area contributed by atoms with Crippen molar-refractivity contribution in [1.82, 2.24) is 4.98 Å². The Labute approximate surface area is 119 Å². The molecule has 0 aromatic carbocycles. The predicted octanol–water partition coefficient (Wildman–Crippen LogP) is 3.95. The highest BCUT2D eigenvalue weighted by atomic mass is 32.1. The summed E-state index contributed by atoms with van der Waals surface area (Å²) in [5.41, 5.74) is 0.0506. The number of hydrogen-bond donors (Lipinski definition) is 1. The van der Waals surface area contributed by atoms with E-state index in [1.807, 2.05) is 5.38 Å². The minimum Gasteiger partial charge on any atom is -0.385 e. The lowest BCUT2D eigenvalue weighted by Gasteiger charge is -2.34. The average molecular weight is 278 g/mol. The number of aliphatic hydroxyl groups excluding tert-OH is 1. The normalized spacial score (nSPS) is 20.8. The molecule has 0 spiro atoms. The fourth-order valence-electron chi connectivity index (χ4n) is 2.67. The van der Waals surface area contributed by atoms with Crippen LogP contribution in [-0.2, 0) is 5.41 Å². The van der Waals surface area contributed by atoms with Crippen LogP contribution in [-0.4, -0.2) is 10.1 Å². The van der Waals surface area contributed by atoms with Gasteiger partial charge in [0.2, 0.25) is 0 Å². The van der Waals surface area contributed by atoms with E-state index < -0.39 is 11.5 Å². The van der Waals surface area contributed by atoms with E-state index in [0.717, 1.165) is 30.7 Å². The van der Waals surface area contributed by atoms with E-state index in [1.165, 1.54) is 6.42 Å². The molecule has 0 bridgehead atoms. The van der Waals surface area contributed by atoms with Gasteiger partial charge in [-0.3, -0.25) is 0 Å². The summed E-state index contributed by atoms with van der Waals surface area (Å²) in [7, 11) is 0. The van der Waals surface area contributed by atoms with E-state index in [1.54, 1.807) is 11.3 Å². The van der Waals surface area contributed by atoms with Crippen molar-refractivity contribution in [2.75, 3.05) is 0 Å². The van der Waals surface area contributed by atoms with Crippen LogP contribution in [0.1, 0.15) is 69.7 Å². The molecule has 1 unspecified atom stereocenters. The summed E-state index contributed by atoms with van der Waals surface area (Å²) >= 11 is 1.58. The maximum atomic E-state index is 10.6. The van der Waals surface area contributed by atoms with Crippen LogP contribution in [0.15, 0.2) is 5.38 Å². The van der Waals surface area contributed by atoms with Gasteiger partial charge < -0.3 is 5.11 Å². The second-order valence-corrected chi connectivity index (χ2v) is 7.42. The molecule has 19 heavy (non-hydrogen) atoms. The maximum Gasteiger partial charge on any atom is 0.115 e. The lowest BCUT2D eigenvalue weighted by atomic mass is 9.70. The topological polar surface area (TPSA) is 56.9 Å². The molecule has 1 saturated carbocycles. The highest BCUT2D eigenvalue weighted by Crippen LogP contribution is 2.46. The van der Waals surface area contributed by atoms with Crippen molar-refractivity contribution < 1.29 is 5.11 Å². The first-order chi connectivity index (χ1) is 8.89. The molecule has 1 atom stereocenters. The van der Waals surface area contributed by atoms with Gasteiger partial charge in [0.15, 0.2) is 0 Å². The molecular formula is C15H22N2OS. The van der Waals surface area contributed by atoms with Gasteiger partial charge in [0, 0.05) is 10.8 Å². The SMILES string of the molecule is CC(C)(C)c1nc(C(O)C2(C#N)CCCCC2)cs1. The third-order valence-electron chi connectivity index (χ3n) is 3.94. The van der Waals surface area contributed by atoms with Gasteiger partial charge in [-0.05, 0) is 12.8 Å². The van der Waals surface area contributed by atoms with Crippen LogP contribution in [0.5, 0.6) is 0 Å². The van der Waals surface area contributed by atoms with E-state index in [-0.39, 0.29) is 5.41 Å². The number of thiazole rings is 1. The molecule has 0 radical (unpaired) electrons. The molecule has 3 nitrogen and oxygen atoms in total. The monoisotopic (exact) mass is 278 g/mol. The van der Waals surface area contributed by atoms with Gasteiger partial charge in [0.1, 0.15) is 6.10 Å². The Morgan fingerprint density at radius 3 is 2.47 bits per heavy atom. The molecule has 0 aliphatic heterocycles. The van der Waals surface area contributed by atoms with Gasteiger partial charge in [-0.15, -0.1) is 11.3 Å². The van der Waals surface area contributed by atoms with Crippen LogP contribution in [0, 0.1) is 16.7 Å². The second-order valence-electron chi connectivity index (χ2n) is 6.56. The van der Waals surface area contributed by atoms with E-state index in [4.69, 9.17) is 0 Å². The van der Waals surface area contributed by atoms with Crippen LogP contribution in [0.4, 0.5) is 0 Å². The predicted molar refractivity (Wildman–Crippen MR) is 76.9 cm³/mol. The standard InChI is InChI=1S/C15H22N2OS/c1-14(2,3)13-17-11(9-19-13)12(18)15(10-16)7-5-4-6-8-15/h9,12,18H,4-8H2,1-3H3. The smallest absolute Gasteiger partial charge is 0.115 e. The first-order valence-electron chi connectivity index (χ1n) is 6.94. The van der Waals surface area contributed by atoms with Crippen molar-refractivity contribution in [3.63, 3.8) is 0 Å². The number of rotatable bonds is 2. The number of hydrogen-bond acceptors (Lipinski definition) is 4. The molecule has 1 aliphatic rings. The van der Waals surface area contributed by atoms with Gasteiger partial charge >= 0.3 is 0 Å². The summed E-state index contributed by atoms with van der Waals surface area (Å²) in [5, 5.41) is 23.0. The minimum atomic E-state index is -0.745. The molecular weight excluding hydrogens is 256 g/mol. The molecule has 4 heteroatoms. The average Bonchev–Trinajstić information content (AvgIpc) is 2.88. The van der Waals surface area contributed by atoms with Gasteiger partial charge in [-0.2, -0.15) is 5.26 Å². The summed E-state index contributed by atoms with van der Waals surface area (Å²) in [6.45, 7) is 6.34. The second kappa shape index (κ2) is 5.22. The lowest BCUT2D eigenvalue weighted by molar-refractivity contribution is 0.0330. The zero-order chi connectivity index (χ0) is 14.1. The Hall–Kier alpha value is -0.920. The summed E-state index contributed by atoms with van der Waals surface area (Å²) in [6.07, 6.45) is 4.05. The Morgan fingerprint density at radius 2 is 2.00 bits per heavy atom. The molecule has 1 heterocycles. The van der Waals surface area contributed by atoms with Crippen molar-refractivity contribution in [3.05, 3.63) is 16.1 Å². The number of aromatic nitrogens is 1. The van der Waals surface area contributed by atoms with Gasteiger partial charge in [0.05, 0.1) is 22.2 Å². The third kappa shape index (κ3) is 2.82. The van der Waals surface area contributed by atoms with Crippen LogP contribution >= 0.6 is 11.3 Å². The van der Waals surface area contributed by atoms with Crippen LogP contribution in [0.2, 0.25) is 0 Å². The molecule has 1 N–H and O–H groups in total.